The summed E-state index contributed by atoms with van der Waals surface area (Å²) < 4.78 is 25.3. The Labute approximate surface area is 580 Å². The molecule has 0 spiro atoms. The molecule has 1 saturated heterocycles. The molecule has 6 heterocycles. The van der Waals surface area contributed by atoms with Crippen LogP contribution in [0.3, 0.4) is 0 Å². The smallest absolute Gasteiger partial charge is 0.248 e. The third-order valence-corrected chi connectivity index (χ3v) is 20.3. The van der Waals surface area contributed by atoms with Gasteiger partial charge >= 0.3 is 0 Å². The highest BCUT2D eigenvalue weighted by Gasteiger charge is 2.51. The molecule has 0 radical (unpaired) electrons. The number of halogens is 2. The quantitative estimate of drug-likeness (QED) is 0.0889. The minimum atomic E-state index is -2.28. The van der Waals surface area contributed by atoms with E-state index < -0.39 is 185 Å². The van der Waals surface area contributed by atoms with E-state index in [1.165, 1.54) is 24.3 Å². The van der Waals surface area contributed by atoms with Gasteiger partial charge in [0.15, 0.2) is 11.5 Å². The molecular weight excluding hydrogens is 1350 g/mol. The molecule has 14 atom stereocenters. The molecule has 21 N–H and O–H groups in total. The zero-order chi connectivity index (χ0) is 71.6. The average molecular weight is 1420 g/mol. The Morgan fingerprint density at radius 2 is 1.22 bits per heavy atom. The summed E-state index contributed by atoms with van der Waals surface area (Å²) in [5, 5.41) is 111. The van der Waals surface area contributed by atoms with Crippen LogP contribution in [0.1, 0.15) is 117 Å². The Hall–Kier alpha value is -9.08. The first-order valence-corrected chi connectivity index (χ1v) is 33.4. The van der Waals surface area contributed by atoms with Gasteiger partial charge in [0.05, 0.1) is 22.5 Å². The highest BCUT2D eigenvalue weighted by molar-refractivity contribution is 6.32. The van der Waals surface area contributed by atoms with Crippen LogP contribution in [-0.2, 0) is 43.1 Å². The molecule has 10 aliphatic rings. The van der Waals surface area contributed by atoms with E-state index in [4.69, 9.17) is 59.4 Å². The number of hydrogen-bond donors (Lipinski definition) is 18. The standard InChI is InChI=1S/C68H76Cl2N10O20/c1-24(2)9-38(72)61(90)79-53-55(85)28-4-7-42(36(69)16-28)97-44-18-32-19-45(60(44)100-68-59(89)58(88)57(87)46(23-71)99-68)98-43-8-5-29(17-37(43)70)56(86)54-67(96)78-52(65(94)75-49-30-11-25-10-26(13-30)14-31(49)12-25)35-20-33(81)21-41(83)48(35)34-15-27(3-6-40(34)82)50(63(92)80-54)77-64(93)51(32)76-62(91)39(22-47(73)84)74-66(53)95/h3-8,15-21,24-26,30-31,38-39,46,49-59,68,81-83,85-89H,9-14,22-23,71-72H2,1-2H3,(H2,73,84)(H,74,95)(H,75,94)(H,76,91)(H,77,93)(H,78,96)(H,79,90)(H,80,92)/t25?,26?,30?,31?,38-,39+,46+,49?,50-,51-,52+,53-,54+,55-,56-,57+,58-,59+,68-/m1/s1. The van der Waals surface area contributed by atoms with E-state index in [2.05, 4.69) is 37.2 Å². The van der Waals surface area contributed by atoms with Gasteiger partial charge in [-0.2, -0.15) is 0 Å². The molecule has 0 unspecified atom stereocenters. The van der Waals surface area contributed by atoms with Crippen molar-refractivity contribution in [3.63, 3.8) is 0 Å². The van der Waals surface area contributed by atoms with Crippen LogP contribution in [0.25, 0.3) is 11.1 Å². The number of nitrogens with two attached hydrogens (primary N) is 3. The number of amides is 8. The molecule has 5 aromatic carbocycles. The van der Waals surface area contributed by atoms with Crippen LogP contribution in [0.15, 0.2) is 78.9 Å². The fourth-order valence-corrected chi connectivity index (χ4v) is 15.4. The first-order chi connectivity index (χ1) is 47.5. The normalized spacial score (nSPS) is 30.4. The molecule has 15 rings (SSSR count). The molecule has 532 valence electrons. The van der Waals surface area contributed by atoms with Gasteiger partial charge in [-0.25, -0.2) is 0 Å². The second kappa shape index (κ2) is 28.5. The number of carbonyl (C=O) groups is 8. The number of phenols is 3. The molecule has 5 aromatic rings. The topological polar surface area (TPSA) is 498 Å². The lowest BCUT2D eigenvalue weighted by Gasteiger charge is -2.54. The summed E-state index contributed by atoms with van der Waals surface area (Å²) in [6.45, 7) is 3.11. The SMILES string of the molecule is CC(C)C[C@@H](N)C(=O)N[C@H]1C(=O)N[C@@H](CC(N)=O)C(=O)N[C@H]2C(=O)N[C@H]3C(=O)N[C@H](C(=O)N[C@H](C(=O)NC4C5CC6CC(C5)CC4C6)c4cc(O)cc(O)c4-c4cc3ccc4O)[C@H](O)c3ccc(c(Cl)c3)Oc3cc2cc(c3O[C@H]2O[C@@H](CN)[C@H](O)[C@@H](O)[C@@H]2O)Oc2ccc(cc2Cl)[C@H]1O. The van der Waals surface area contributed by atoms with Gasteiger partial charge in [-0.15, -0.1) is 0 Å². The lowest BCUT2D eigenvalue weighted by atomic mass is 9.54. The molecule has 0 aromatic heterocycles. The fraction of sp³-hybridized carbons (Fsp3) is 0.441. The first kappa shape index (κ1) is 70.8. The Bertz CT molecular complexity index is 4080. The summed E-state index contributed by atoms with van der Waals surface area (Å²) >= 11 is 14.1. The van der Waals surface area contributed by atoms with E-state index in [-0.39, 0.29) is 85.1 Å². The number of rotatable bonds is 11. The van der Waals surface area contributed by atoms with E-state index in [1.807, 2.05) is 0 Å². The van der Waals surface area contributed by atoms with Gasteiger partial charge in [0, 0.05) is 29.8 Å². The van der Waals surface area contributed by atoms with Crippen LogP contribution in [0, 0.1) is 29.6 Å². The average Bonchev–Trinajstić information content (AvgIpc) is 0.784. The number of primary amides is 1. The third kappa shape index (κ3) is 14.2. The Balaban J connectivity index is 1.06. The lowest BCUT2D eigenvalue weighted by Crippen LogP contribution is -2.60. The van der Waals surface area contributed by atoms with Crippen molar-refractivity contribution in [2.24, 2.45) is 46.8 Å². The van der Waals surface area contributed by atoms with Crippen molar-refractivity contribution in [3.8, 4) is 57.1 Å². The summed E-state index contributed by atoms with van der Waals surface area (Å²) in [6.07, 6.45) is -9.81. The molecule has 5 fully saturated rings. The largest absolute Gasteiger partial charge is 0.508 e. The van der Waals surface area contributed by atoms with Gasteiger partial charge in [0.2, 0.25) is 59.3 Å². The van der Waals surface area contributed by atoms with E-state index in [0.29, 0.717) is 11.8 Å². The van der Waals surface area contributed by atoms with Crippen LogP contribution < -0.4 is 68.6 Å². The molecule has 4 aliphatic carbocycles. The summed E-state index contributed by atoms with van der Waals surface area (Å²) in [4.78, 5) is 119. The van der Waals surface area contributed by atoms with Crippen molar-refractivity contribution in [2.75, 3.05) is 6.54 Å². The molecular formula is C68H76Cl2N10O20. The van der Waals surface area contributed by atoms with Crippen molar-refractivity contribution < 1.29 is 98.2 Å². The lowest BCUT2D eigenvalue weighted by molar-refractivity contribution is -0.270. The van der Waals surface area contributed by atoms with E-state index in [9.17, 15) is 55.2 Å². The minimum Gasteiger partial charge on any atom is -0.508 e. The van der Waals surface area contributed by atoms with E-state index >= 15 is 24.0 Å². The first-order valence-electron chi connectivity index (χ1n) is 32.6. The van der Waals surface area contributed by atoms with Crippen molar-refractivity contribution in [3.05, 3.63) is 117 Å². The van der Waals surface area contributed by atoms with Crippen molar-refractivity contribution in [2.45, 2.75) is 150 Å². The molecule has 4 saturated carbocycles. The Morgan fingerprint density at radius 1 is 0.630 bits per heavy atom. The number of aliphatic hydroxyl groups is 5. The zero-order valence-electron chi connectivity index (χ0n) is 53.7. The summed E-state index contributed by atoms with van der Waals surface area (Å²) in [5.74, 6) is -12.9. The van der Waals surface area contributed by atoms with Crippen molar-refractivity contribution >= 4 is 70.5 Å². The zero-order valence-corrected chi connectivity index (χ0v) is 55.2. The number of nitrogens with one attached hydrogen (secondary N) is 7. The maximum Gasteiger partial charge on any atom is 0.248 e. The molecule has 8 amide bonds. The summed E-state index contributed by atoms with van der Waals surface area (Å²) in [5.41, 5.74) is 15.9. The molecule has 32 heteroatoms. The number of aliphatic hydroxyl groups excluding tert-OH is 5. The van der Waals surface area contributed by atoms with Crippen LogP contribution in [-0.4, -0.2) is 156 Å². The van der Waals surface area contributed by atoms with Crippen molar-refractivity contribution in [1.82, 2.24) is 37.2 Å². The van der Waals surface area contributed by atoms with E-state index in [1.54, 1.807) is 13.8 Å². The Kier molecular flexibility index (Phi) is 20.2. The summed E-state index contributed by atoms with van der Waals surface area (Å²) in [6, 6.07) is 0.396. The van der Waals surface area contributed by atoms with Gasteiger partial charge in [-0.05, 0) is 151 Å². The molecule has 100 heavy (non-hydrogen) atoms. The van der Waals surface area contributed by atoms with Gasteiger partial charge < -0.3 is 114 Å². The third-order valence-electron chi connectivity index (χ3n) is 19.7. The number of hydrogen-bond acceptors (Lipinski definition) is 22. The van der Waals surface area contributed by atoms with Gasteiger partial charge in [-0.1, -0.05) is 55.2 Å². The van der Waals surface area contributed by atoms with Crippen molar-refractivity contribution in [1.29, 1.82) is 0 Å². The Morgan fingerprint density at radius 3 is 1.82 bits per heavy atom. The van der Waals surface area contributed by atoms with Gasteiger partial charge in [0.25, 0.3) is 0 Å². The number of ether oxygens (including phenoxy) is 4. The maximum absolute atomic E-state index is 16.0. The van der Waals surface area contributed by atoms with E-state index in [0.717, 1.165) is 86.7 Å². The van der Waals surface area contributed by atoms with Crippen LogP contribution in [0.5, 0.6) is 46.0 Å². The predicted octanol–water partition coefficient (Wildman–Crippen LogP) is 1.43. The summed E-state index contributed by atoms with van der Waals surface area (Å²) in [7, 11) is 0. The fourth-order valence-electron chi connectivity index (χ4n) is 15.0. The monoisotopic (exact) mass is 1420 g/mol. The van der Waals surface area contributed by atoms with Gasteiger partial charge in [0.1, 0.15) is 102 Å². The predicted molar refractivity (Wildman–Crippen MR) is 351 cm³/mol. The number of carbonyl (C=O) groups excluding carboxylic acids is 8. The van der Waals surface area contributed by atoms with Crippen LogP contribution in [0.4, 0.5) is 0 Å². The molecule has 30 nitrogen and oxygen atoms in total. The number of fused-ring (bicyclic) bond motifs is 15. The molecule has 15 bridgehead atoms. The maximum atomic E-state index is 16.0. The molecule has 6 aliphatic heterocycles. The highest BCUT2D eigenvalue weighted by Crippen LogP contribution is 2.55. The van der Waals surface area contributed by atoms with Gasteiger partial charge in [-0.3, -0.25) is 38.4 Å². The van der Waals surface area contributed by atoms with Crippen LogP contribution >= 0.6 is 23.2 Å². The van der Waals surface area contributed by atoms with Crippen LogP contribution in [0.2, 0.25) is 10.0 Å². The second-order valence-electron chi connectivity index (χ2n) is 27.1. The second-order valence-corrected chi connectivity index (χ2v) is 27.9. The number of benzene rings is 5. The highest BCUT2D eigenvalue weighted by atomic mass is 35.5. The number of phenolic OH excluding ortho intramolecular Hbond substituents is 3. The minimum absolute atomic E-state index is 0.0900. The number of aromatic hydroxyl groups is 3.